The molecule has 0 saturated carbocycles. The van der Waals surface area contributed by atoms with Crippen molar-refractivity contribution < 1.29 is 9.50 Å². The number of rotatable bonds is 7. The summed E-state index contributed by atoms with van der Waals surface area (Å²) in [6.07, 6.45) is 2.65. The first-order valence-electron chi connectivity index (χ1n) is 8.78. The smallest absolute Gasteiger partial charge is 0.191 e. The number of nitrogens with zero attached hydrogens (tertiary/aromatic N) is 2. The number of aliphatic imine (C=N–C) groups is 1. The van der Waals surface area contributed by atoms with Gasteiger partial charge in [-0.1, -0.05) is 26.0 Å². The second kappa shape index (κ2) is 11.2. The number of aliphatic hydroxyl groups excluding tert-OH is 1. The molecule has 3 N–H and O–H groups in total. The van der Waals surface area contributed by atoms with Gasteiger partial charge in [0.1, 0.15) is 5.82 Å². The van der Waals surface area contributed by atoms with Crippen LogP contribution in [0, 0.1) is 5.82 Å². The summed E-state index contributed by atoms with van der Waals surface area (Å²) in [4.78, 5) is 8.55. The number of nitrogens with one attached hydrogen (secondary N) is 2. The number of guanidine groups is 1. The molecular formula is C20H28FIN4O. The van der Waals surface area contributed by atoms with Crippen molar-refractivity contribution in [2.75, 3.05) is 19.6 Å². The van der Waals surface area contributed by atoms with Gasteiger partial charge in [-0.25, -0.2) is 4.39 Å². The van der Waals surface area contributed by atoms with Gasteiger partial charge in [0.05, 0.1) is 12.6 Å². The average molecular weight is 486 g/mol. The second-order valence-electron chi connectivity index (χ2n) is 6.77. The maximum Gasteiger partial charge on any atom is 0.191 e. The van der Waals surface area contributed by atoms with Gasteiger partial charge in [-0.3, -0.25) is 9.98 Å². The molecular weight excluding hydrogens is 458 g/mol. The molecule has 0 aliphatic carbocycles. The highest BCUT2D eigenvalue weighted by molar-refractivity contribution is 14.0. The lowest BCUT2D eigenvalue weighted by Gasteiger charge is -2.24. The molecule has 148 valence electrons. The van der Waals surface area contributed by atoms with Crippen molar-refractivity contribution in [1.82, 2.24) is 15.6 Å². The van der Waals surface area contributed by atoms with Gasteiger partial charge in [0.25, 0.3) is 0 Å². The summed E-state index contributed by atoms with van der Waals surface area (Å²) in [5.74, 6) is 0.371. The summed E-state index contributed by atoms with van der Waals surface area (Å²) in [5, 5.41) is 16.6. The van der Waals surface area contributed by atoms with Crippen LogP contribution in [-0.4, -0.2) is 35.7 Å². The van der Waals surface area contributed by atoms with Crippen molar-refractivity contribution in [3.05, 3.63) is 65.7 Å². The minimum absolute atomic E-state index is 0. The summed E-state index contributed by atoms with van der Waals surface area (Å²) in [7, 11) is 0. The topological polar surface area (TPSA) is 69.5 Å². The normalized spacial score (nSPS) is 12.9. The summed E-state index contributed by atoms with van der Waals surface area (Å²) in [6.45, 7) is 7.56. The molecule has 1 aromatic carbocycles. The van der Waals surface area contributed by atoms with Gasteiger partial charge in [0.2, 0.25) is 0 Å². The number of halogens is 2. The fraction of sp³-hybridized carbons (Fsp3) is 0.400. The van der Waals surface area contributed by atoms with Crippen LogP contribution in [-0.2, 0) is 5.41 Å². The second-order valence-corrected chi connectivity index (χ2v) is 6.77. The van der Waals surface area contributed by atoms with Gasteiger partial charge in [-0.2, -0.15) is 0 Å². The van der Waals surface area contributed by atoms with Crippen molar-refractivity contribution in [3.63, 3.8) is 0 Å². The van der Waals surface area contributed by atoms with Gasteiger partial charge >= 0.3 is 0 Å². The summed E-state index contributed by atoms with van der Waals surface area (Å²) in [6, 6.07) is 10.2. The zero-order chi connectivity index (χ0) is 19.0. The van der Waals surface area contributed by atoms with E-state index in [1.54, 1.807) is 36.7 Å². The highest BCUT2D eigenvalue weighted by atomic mass is 127. The molecule has 0 aliphatic heterocycles. The van der Waals surface area contributed by atoms with Crippen LogP contribution in [0.4, 0.5) is 4.39 Å². The molecule has 1 aromatic heterocycles. The first kappa shape index (κ1) is 23.3. The third-order valence-electron chi connectivity index (χ3n) is 4.14. The average Bonchev–Trinajstić information content (AvgIpc) is 2.64. The monoisotopic (exact) mass is 486 g/mol. The lowest BCUT2D eigenvalue weighted by Crippen LogP contribution is -2.40. The van der Waals surface area contributed by atoms with Gasteiger partial charge in [-0.05, 0) is 42.3 Å². The summed E-state index contributed by atoms with van der Waals surface area (Å²) < 4.78 is 13.5. The summed E-state index contributed by atoms with van der Waals surface area (Å²) in [5.41, 5.74) is 1.38. The maximum atomic E-state index is 13.5. The van der Waals surface area contributed by atoms with Crippen molar-refractivity contribution in [2.45, 2.75) is 32.3 Å². The number of benzene rings is 1. The Labute approximate surface area is 177 Å². The van der Waals surface area contributed by atoms with Crippen LogP contribution < -0.4 is 10.6 Å². The van der Waals surface area contributed by atoms with E-state index in [4.69, 9.17) is 0 Å². The quantitative estimate of drug-likeness (QED) is 0.319. The molecule has 2 aromatic rings. The summed E-state index contributed by atoms with van der Waals surface area (Å²) >= 11 is 0. The van der Waals surface area contributed by atoms with E-state index in [1.807, 2.05) is 26.8 Å². The molecule has 0 amide bonds. The Morgan fingerprint density at radius 2 is 1.93 bits per heavy atom. The molecule has 0 bridgehead atoms. The molecule has 27 heavy (non-hydrogen) atoms. The number of aromatic nitrogens is 1. The minimum atomic E-state index is -0.655. The SMILES string of the molecule is CCNC(=NCC(C)(C)c1cccc(F)c1)NCC(O)c1ccncc1.I. The minimum Gasteiger partial charge on any atom is -0.387 e. The number of aliphatic hydroxyl groups is 1. The van der Waals surface area contributed by atoms with E-state index < -0.39 is 6.10 Å². The molecule has 0 radical (unpaired) electrons. The van der Waals surface area contributed by atoms with E-state index in [9.17, 15) is 9.50 Å². The van der Waals surface area contributed by atoms with Crippen molar-refractivity contribution in [2.24, 2.45) is 4.99 Å². The first-order chi connectivity index (χ1) is 12.4. The number of pyridine rings is 1. The largest absolute Gasteiger partial charge is 0.387 e. The van der Waals surface area contributed by atoms with Gasteiger partial charge in [0.15, 0.2) is 5.96 Å². The first-order valence-corrected chi connectivity index (χ1v) is 8.78. The Morgan fingerprint density at radius 1 is 1.22 bits per heavy atom. The standard InChI is InChI=1S/C20H27FN4O.HI/c1-4-23-19(24-13-18(26)15-8-10-22-11-9-15)25-14-20(2,3)16-6-5-7-17(21)12-16;/h5-12,18,26H,4,13-14H2,1-3H3,(H2,23,24,25);1H. The molecule has 2 rings (SSSR count). The molecule has 7 heteroatoms. The van der Waals surface area contributed by atoms with Crippen LogP contribution in [0.1, 0.15) is 38.0 Å². The van der Waals surface area contributed by atoms with Crippen LogP contribution >= 0.6 is 24.0 Å². The van der Waals surface area contributed by atoms with E-state index in [0.29, 0.717) is 25.6 Å². The van der Waals surface area contributed by atoms with Crippen LogP contribution in [0.15, 0.2) is 53.8 Å². The number of hydrogen-bond donors (Lipinski definition) is 3. The van der Waals surface area contributed by atoms with Gasteiger partial charge < -0.3 is 15.7 Å². The van der Waals surface area contributed by atoms with E-state index in [0.717, 1.165) is 11.1 Å². The Balaban J connectivity index is 0.00000364. The molecule has 0 fully saturated rings. The fourth-order valence-corrected chi connectivity index (χ4v) is 2.52. The highest BCUT2D eigenvalue weighted by Crippen LogP contribution is 2.24. The third kappa shape index (κ3) is 7.42. The molecule has 1 heterocycles. The fourth-order valence-electron chi connectivity index (χ4n) is 2.52. The third-order valence-corrected chi connectivity index (χ3v) is 4.14. The van der Waals surface area contributed by atoms with Crippen LogP contribution in [0.2, 0.25) is 0 Å². The number of hydrogen-bond acceptors (Lipinski definition) is 3. The Morgan fingerprint density at radius 3 is 2.56 bits per heavy atom. The molecule has 5 nitrogen and oxygen atoms in total. The Kier molecular flexibility index (Phi) is 9.65. The Hall–Kier alpha value is -1.74. The van der Waals surface area contributed by atoms with Crippen molar-refractivity contribution in [1.29, 1.82) is 0 Å². The lowest BCUT2D eigenvalue weighted by atomic mass is 9.85. The zero-order valence-corrected chi connectivity index (χ0v) is 18.3. The lowest BCUT2D eigenvalue weighted by molar-refractivity contribution is 0.180. The van der Waals surface area contributed by atoms with Gasteiger partial charge in [-0.15, -0.1) is 24.0 Å². The molecule has 0 saturated heterocycles. The van der Waals surface area contributed by atoms with Crippen LogP contribution in [0.3, 0.4) is 0 Å². The van der Waals surface area contributed by atoms with Crippen molar-refractivity contribution >= 4 is 29.9 Å². The Bertz CT molecular complexity index is 725. The van der Waals surface area contributed by atoms with E-state index in [-0.39, 0.29) is 35.2 Å². The van der Waals surface area contributed by atoms with Crippen molar-refractivity contribution in [3.8, 4) is 0 Å². The van der Waals surface area contributed by atoms with E-state index >= 15 is 0 Å². The zero-order valence-electron chi connectivity index (χ0n) is 15.9. The highest BCUT2D eigenvalue weighted by Gasteiger charge is 2.21. The van der Waals surface area contributed by atoms with Crippen LogP contribution in [0.25, 0.3) is 0 Å². The predicted molar refractivity (Wildman–Crippen MR) is 118 cm³/mol. The van der Waals surface area contributed by atoms with Crippen LogP contribution in [0.5, 0.6) is 0 Å². The molecule has 0 spiro atoms. The maximum absolute atomic E-state index is 13.5. The molecule has 1 atom stereocenters. The van der Waals surface area contributed by atoms with Gasteiger partial charge in [0, 0.05) is 30.9 Å². The molecule has 1 unspecified atom stereocenters. The molecule has 0 aliphatic rings. The van der Waals surface area contributed by atoms with E-state index in [1.165, 1.54) is 6.07 Å². The van der Waals surface area contributed by atoms with E-state index in [2.05, 4.69) is 20.6 Å². The predicted octanol–water partition coefficient (Wildman–Crippen LogP) is 3.41.